The SMILES string of the molecule is C(=C\c1nc2ccccc2n1CCCCOc1ccccc1)/c1ccccc1. The van der Waals surface area contributed by atoms with Crippen molar-refractivity contribution in [2.24, 2.45) is 0 Å². The van der Waals surface area contributed by atoms with Gasteiger partial charge < -0.3 is 9.30 Å². The molecule has 4 aromatic rings. The lowest BCUT2D eigenvalue weighted by atomic mass is 10.2. The fraction of sp³-hybridized carbons (Fsp3) is 0.160. The van der Waals surface area contributed by atoms with E-state index in [0.29, 0.717) is 0 Å². The fourth-order valence-electron chi connectivity index (χ4n) is 3.27. The van der Waals surface area contributed by atoms with E-state index < -0.39 is 0 Å². The molecule has 0 aliphatic carbocycles. The summed E-state index contributed by atoms with van der Waals surface area (Å²) in [5.74, 6) is 1.93. The molecule has 0 aliphatic rings. The molecule has 0 spiro atoms. The fourth-order valence-corrected chi connectivity index (χ4v) is 3.27. The summed E-state index contributed by atoms with van der Waals surface area (Å²) in [5.41, 5.74) is 3.40. The predicted molar refractivity (Wildman–Crippen MR) is 116 cm³/mol. The molecule has 0 fully saturated rings. The van der Waals surface area contributed by atoms with Gasteiger partial charge in [-0.25, -0.2) is 4.98 Å². The van der Waals surface area contributed by atoms with Gasteiger partial charge in [-0.1, -0.05) is 66.7 Å². The molecule has 0 aliphatic heterocycles. The minimum absolute atomic E-state index is 0.728. The first-order chi connectivity index (χ1) is 13.9. The molecule has 4 rings (SSSR count). The second-order valence-corrected chi connectivity index (χ2v) is 6.72. The van der Waals surface area contributed by atoms with E-state index in [-0.39, 0.29) is 0 Å². The van der Waals surface area contributed by atoms with Gasteiger partial charge in [-0.3, -0.25) is 0 Å². The summed E-state index contributed by atoms with van der Waals surface area (Å²) in [6.07, 6.45) is 6.27. The van der Waals surface area contributed by atoms with Gasteiger partial charge in [-0.15, -0.1) is 0 Å². The molecule has 0 saturated heterocycles. The number of fused-ring (bicyclic) bond motifs is 1. The predicted octanol–water partition coefficient (Wildman–Crippen LogP) is 6.07. The van der Waals surface area contributed by atoms with Crippen LogP contribution in [0.1, 0.15) is 24.2 Å². The minimum atomic E-state index is 0.728. The average molecular weight is 368 g/mol. The highest BCUT2D eigenvalue weighted by molar-refractivity contribution is 5.79. The second-order valence-electron chi connectivity index (χ2n) is 6.72. The maximum Gasteiger partial charge on any atom is 0.133 e. The van der Waals surface area contributed by atoms with E-state index in [1.54, 1.807) is 0 Å². The van der Waals surface area contributed by atoms with E-state index in [1.807, 2.05) is 42.5 Å². The molecule has 0 unspecified atom stereocenters. The molecule has 3 nitrogen and oxygen atoms in total. The second kappa shape index (κ2) is 9.05. The van der Waals surface area contributed by atoms with Gasteiger partial charge in [0.25, 0.3) is 0 Å². The highest BCUT2D eigenvalue weighted by atomic mass is 16.5. The van der Waals surface area contributed by atoms with Crippen molar-refractivity contribution in [3.05, 3.63) is 96.3 Å². The summed E-state index contributed by atoms with van der Waals surface area (Å²) in [6, 6.07) is 28.7. The molecular weight excluding hydrogens is 344 g/mol. The molecule has 28 heavy (non-hydrogen) atoms. The zero-order valence-corrected chi connectivity index (χ0v) is 15.9. The minimum Gasteiger partial charge on any atom is -0.494 e. The number of aromatic nitrogens is 2. The van der Waals surface area contributed by atoms with Gasteiger partial charge >= 0.3 is 0 Å². The highest BCUT2D eigenvalue weighted by Gasteiger charge is 2.07. The lowest BCUT2D eigenvalue weighted by Crippen LogP contribution is -2.04. The summed E-state index contributed by atoms with van der Waals surface area (Å²) >= 11 is 0. The Balaban J connectivity index is 1.43. The number of ether oxygens (including phenoxy) is 1. The Morgan fingerprint density at radius 2 is 1.46 bits per heavy atom. The van der Waals surface area contributed by atoms with Crippen LogP contribution in [0.25, 0.3) is 23.2 Å². The lowest BCUT2D eigenvalue weighted by Gasteiger charge is -2.08. The first-order valence-electron chi connectivity index (χ1n) is 9.76. The van der Waals surface area contributed by atoms with Crippen molar-refractivity contribution in [2.45, 2.75) is 19.4 Å². The molecule has 3 heteroatoms. The van der Waals surface area contributed by atoms with Gasteiger partial charge in [0.05, 0.1) is 17.6 Å². The molecule has 0 atom stereocenters. The maximum absolute atomic E-state index is 5.81. The molecule has 0 saturated carbocycles. The summed E-state index contributed by atoms with van der Waals surface area (Å²) in [5, 5.41) is 0. The summed E-state index contributed by atoms with van der Waals surface area (Å²) in [6.45, 7) is 1.65. The quantitative estimate of drug-likeness (QED) is 0.353. The van der Waals surface area contributed by atoms with Gasteiger partial charge in [0.15, 0.2) is 0 Å². The lowest BCUT2D eigenvalue weighted by molar-refractivity contribution is 0.303. The molecular formula is C25H24N2O. The number of unbranched alkanes of at least 4 members (excludes halogenated alkanes) is 1. The number of benzene rings is 3. The van der Waals surface area contributed by atoms with E-state index in [1.165, 1.54) is 11.1 Å². The van der Waals surface area contributed by atoms with Gasteiger partial charge in [0.2, 0.25) is 0 Å². The highest BCUT2D eigenvalue weighted by Crippen LogP contribution is 2.19. The first kappa shape index (κ1) is 18.1. The molecule has 0 bridgehead atoms. The molecule has 3 aromatic carbocycles. The van der Waals surface area contributed by atoms with Crippen LogP contribution in [-0.4, -0.2) is 16.2 Å². The van der Waals surface area contributed by atoms with E-state index in [4.69, 9.17) is 9.72 Å². The van der Waals surface area contributed by atoms with Crippen LogP contribution >= 0.6 is 0 Å². The van der Waals surface area contributed by atoms with Crippen molar-refractivity contribution >= 4 is 23.2 Å². The average Bonchev–Trinajstić information content (AvgIpc) is 3.11. The van der Waals surface area contributed by atoms with Gasteiger partial charge in [0.1, 0.15) is 11.6 Å². The number of hydrogen-bond acceptors (Lipinski definition) is 2. The van der Waals surface area contributed by atoms with E-state index in [9.17, 15) is 0 Å². The number of imidazole rings is 1. The van der Waals surface area contributed by atoms with Crippen molar-refractivity contribution < 1.29 is 4.74 Å². The largest absolute Gasteiger partial charge is 0.494 e. The molecule has 1 aromatic heterocycles. The van der Waals surface area contributed by atoms with Crippen molar-refractivity contribution in [1.82, 2.24) is 9.55 Å². The summed E-state index contributed by atoms with van der Waals surface area (Å²) < 4.78 is 8.11. The summed E-state index contributed by atoms with van der Waals surface area (Å²) in [4.78, 5) is 4.82. The van der Waals surface area contributed by atoms with Gasteiger partial charge in [-0.2, -0.15) is 0 Å². The number of aryl methyl sites for hydroxylation is 1. The van der Waals surface area contributed by atoms with E-state index in [0.717, 1.165) is 43.1 Å². The molecule has 140 valence electrons. The topological polar surface area (TPSA) is 27.1 Å². The van der Waals surface area contributed by atoms with Crippen LogP contribution in [0.2, 0.25) is 0 Å². The van der Waals surface area contributed by atoms with Crippen LogP contribution in [0, 0.1) is 0 Å². The van der Waals surface area contributed by atoms with Crippen molar-refractivity contribution in [3.8, 4) is 5.75 Å². The number of nitrogens with zero attached hydrogens (tertiary/aromatic N) is 2. The third kappa shape index (κ3) is 4.49. The molecule has 0 radical (unpaired) electrons. The third-order valence-corrected chi connectivity index (χ3v) is 4.70. The van der Waals surface area contributed by atoms with Crippen LogP contribution in [0.5, 0.6) is 5.75 Å². The monoisotopic (exact) mass is 368 g/mol. The van der Waals surface area contributed by atoms with Crippen molar-refractivity contribution in [3.63, 3.8) is 0 Å². The normalized spacial score (nSPS) is 11.3. The standard InChI is InChI=1S/C25H24N2O/c1-3-11-21(12-4-1)17-18-25-26-23-15-7-8-16-24(23)27(25)19-9-10-20-28-22-13-5-2-6-14-22/h1-8,11-18H,9-10,19-20H2/b18-17+. The number of hydrogen-bond donors (Lipinski definition) is 0. The molecule has 0 amide bonds. The van der Waals surface area contributed by atoms with E-state index in [2.05, 4.69) is 59.2 Å². The Labute approximate surface area is 165 Å². The van der Waals surface area contributed by atoms with Gasteiger partial charge in [-0.05, 0) is 48.7 Å². The summed E-state index contributed by atoms with van der Waals surface area (Å²) in [7, 11) is 0. The molecule has 0 N–H and O–H groups in total. The Kier molecular flexibility index (Phi) is 5.83. The van der Waals surface area contributed by atoms with Gasteiger partial charge in [0, 0.05) is 6.54 Å². The maximum atomic E-state index is 5.81. The van der Waals surface area contributed by atoms with Crippen LogP contribution in [0.15, 0.2) is 84.9 Å². The third-order valence-electron chi connectivity index (χ3n) is 4.70. The van der Waals surface area contributed by atoms with Crippen LogP contribution in [0.4, 0.5) is 0 Å². The number of rotatable bonds is 8. The Hall–Kier alpha value is -3.33. The smallest absolute Gasteiger partial charge is 0.133 e. The number of para-hydroxylation sites is 3. The van der Waals surface area contributed by atoms with Crippen molar-refractivity contribution in [2.75, 3.05) is 6.61 Å². The Morgan fingerprint density at radius 1 is 0.750 bits per heavy atom. The zero-order valence-electron chi connectivity index (χ0n) is 15.9. The van der Waals surface area contributed by atoms with Crippen LogP contribution < -0.4 is 4.74 Å². The van der Waals surface area contributed by atoms with Crippen molar-refractivity contribution in [1.29, 1.82) is 0 Å². The van der Waals surface area contributed by atoms with E-state index >= 15 is 0 Å². The molecule has 1 heterocycles. The first-order valence-corrected chi connectivity index (χ1v) is 9.76. The van der Waals surface area contributed by atoms with Crippen LogP contribution in [0.3, 0.4) is 0 Å². The zero-order chi connectivity index (χ0) is 19.0. The van der Waals surface area contributed by atoms with Crippen LogP contribution in [-0.2, 0) is 6.54 Å². The Bertz CT molecular complexity index is 1040. The Morgan fingerprint density at radius 3 is 2.29 bits per heavy atom.